The SMILES string of the molecule is CO[C@@H]1C[C@@H](O)O[C@H](C)[C@H]1O. The molecule has 66 valence electrons. The number of aliphatic hydroxyl groups excluding tert-OH is 2. The van der Waals surface area contributed by atoms with Crippen LogP contribution in [0.3, 0.4) is 0 Å². The van der Waals surface area contributed by atoms with Crippen LogP contribution in [0, 0.1) is 0 Å². The largest absolute Gasteiger partial charge is 0.388 e. The van der Waals surface area contributed by atoms with Crippen molar-refractivity contribution in [2.75, 3.05) is 7.11 Å². The van der Waals surface area contributed by atoms with Gasteiger partial charge in [0.05, 0.1) is 12.2 Å². The Morgan fingerprint density at radius 1 is 1.45 bits per heavy atom. The molecule has 0 bridgehead atoms. The van der Waals surface area contributed by atoms with E-state index >= 15 is 0 Å². The highest BCUT2D eigenvalue weighted by Crippen LogP contribution is 2.20. The van der Waals surface area contributed by atoms with Crippen molar-refractivity contribution in [3.63, 3.8) is 0 Å². The summed E-state index contributed by atoms with van der Waals surface area (Å²) in [5.74, 6) is 0. The Bertz CT molecular complexity index is 128. The molecule has 0 amide bonds. The van der Waals surface area contributed by atoms with Crippen molar-refractivity contribution >= 4 is 0 Å². The van der Waals surface area contributed by atoms with Gasteiger partial charge in [0.25, 0.3) is 0 Å². The van der Waals surface area contributed by atoms with E-state index in [1.54, 1.807) is 6.92 Å². The van der Waals surface area contributed by atoms with Crippen molar-refractivity contribution < 1.29 is 19.7 Å². The maximum Gasteiger partial charge on any atom is 0.157 e. The number of aliphatic hydroxyl groups is 2. The topological polar surface area (TPSA) is 58.9 Å². The lowest BCUT2D eigenvalue weighted by molar-refractivity contribution is -0.231. The Hall–Kier alpha value is -0.160. The molecule has 4 atom stereocenters. The molecule has 11 heavy (non-hydrogen) atoms. The van der Waals surface area contributed by atoms with Gasteiger partial charge in [0.2, 0.25) is 0 Å². The van der Waals surface area contributed by atoms with Crippen molar-refractivity contribution in [3.8, 4) is 0 Å². The van der Waals surface area contributed by atoms with Crippen LogP contribution in [0.2, 0.25) is 0 Å². The molecular formula is C7H14O4. The number of hydrogen-bond donors (Lipinski definition) is 2. The number of methoxy groups -OCH3 is 1. The molecule has 1 rings (SSSR count). The standard InChI is InChI=1S/C7H14O4/c1-4-7(9)5(10-2)3-6(8)11-4/h4-9H,3H2,1-2H3/t4-,5-,6+,7-/m1/s1. The molecule has 0 saturated carbocycles. The first kappa shape index (κ1) is 8.93. The Balaban J connectivity index is 2.51. The zero-order valence-electron chi connectivity index (χ0n) is 6.73. The van der Waals surface area contributed by atoms with Crippen molar-refractivity contribution in [3.05, 3.63) is 0 Å². The Morgan fingerprint density at radius 2 is 2.09 bits per heavy atom. The second-order valence-corrected chi connectivity index (χ2v) is 2.80. The fourth-order valence-electron chi connectivity index (χ4n) is 1.26. The summed E-state index contributed by atoms with van der Waals surface area (Å²) in [6, 6.07) is 0. The summed E-state index contributed by atoms with van der Waals surface area (Å²) in [5, 5.41) is 18.5. The van der Waals surface area contributed by atoms with Crippen LogP contribution >= 0.6 is 0 Å². The smallest absolute Gasteiger partial charge is 0.157 e. The van der Waals surface area contributed by atoms with Crippen LogP contribution in [-0.2, 0) is 9.47 Å². The van der Waals surface area contributed by atoms with Crippen LogP contribution in [0.5, 0.6) is 0 Å². The van der Waals surface area contributed by atoms with Crippen molar-refractivity contribution in [2.24, 2.45) is 0 Å². The van der Waals surface area contributed by atoms with Crippen molar-refractivity contribution in [1.29, 1.82) is 0 Å². The Kier molecular flexibility index (Phi) is 2.84. The lowest BCUT2D eigenvalue weighted by Crippen LogP contribution is -2.47. The molecule has 1 heterocycles. The van der Waals surface area contributed by atoms with E-state index in [1.807, 2.05) is 0 Å². The highest BCUT2D eigenvalue weighted by atomic mass is 16.6. The van der Waals surface area contributed by atoms with E-state index in [9.17, 15) is 5.11 Å². The van der Waals surface area contributed by atoms with Crippen molar-refractivity contribution in [2.45, 2.75) is 37.9 Å². The van der Waals surface area contributed by atoms with Gasteiger partial charge in [-0.1, -0.05) is 0 Å². The molecule has 1 aliphatic rings. The van der Waals surface area contributed by atoms with E-state index < -0.39 is 12.4 Å². The molecule has 0 aliphatic carbocycles. The van der Waals surface area contributed by atoms with Gasteiger partial charge in [-0.15, -0.1) is 0 Å². The number of hydrogen-bond acceptors (Lipinski definition) is 4. The molecule has 1 saturated heterocycles. The quantitative estimate of drug-likeness (QED) is 0.545. The van der Waals surface area contributed by atoms with E-state index in [1.165, 1.54) is 7.11 Å². The maximum atomic E-state index is 9.39. The van der Waals surface area contributed by atoms with Crippen LogP contribution in [0.15, 0.2) is 0 Å². The summed E-state index contributed by atoms with van der Waals surface area (Å²) in [7, 11) is 1.51. The molecule has 1 fully saturated rings. The molecule has 0 spiro atoms. The fraction of sp³-hybridized carbons (Fsp3) is 1.00. The van der Waals surface area contributed by atoms with Gasteiger partial charge < -0.3 is 19.7 Å². The van der Waals surface area contributed by atoms with Crippen LogP contribution in [0.1, 0.15) is 13.3 Å². The molecule has 0 aromatic carbocycles. The predicted molar refractivity (Wildman–Crippen MR) is 38.0 cm³/mol. The van der Waals surface area contributed by atoms with Gasteiger partial charge in [0.1, 0.15) is 6.10 Å². The minimum atomic E-state index is -0.807. The average molecular weight is 162 g/mol. The first-order chi connectivity index (χ1) is 5.15. The monoisotopic (exact) mass is 162 g/mol. The molecule has 2 N–H and O–H groups in total. The zero-order valence-corrected chi connectivity index (χ0v) is 6.73. The third-order valence-corrected chi connectivity index (χ3v) is 1.97. The number of ether oxygens (including phenoxy) is 2. The van der Waals surface area contributed by atoms with E-state index in [-0.39, 0.29) is 12.2 Å². The van der Waals surface area contributed by atoms with Gasteiger partial charge >= 0.3 is 0 Å². The average Bonchev–Trinajstić information content (AvgIpc) is 1.96. The minimum Gasteiger partial charge on any atom is -0.388 e. The number of rotatable bonds is 1. The van der Waals surface area contributed by atoms with Gasteiger partial charge in [-0.3, -0.25) is 0 Å². The van der Waals surface area contributed by atoms with Crippen LogP contribution in [-0.4, -0.2) is 41.9 Å². The highest BCUT2D eigenvalue weighted by Gasteiger charge is 2.34. The first-order valence-electron chi connectivity index (χ1n) is 3.69. The summed E-state index contributed by atoms with van der Waals surface area (Å²) >= 11 is 0. The van der Waals surface area contributed by atoms with Crippen LogP contribution in [0.4, 0.5) is 0 Å². The van der Waals surface area contributed by atoms with Crippen LogP contribution in [0.25, 0.3) is 0 Å². The summed E-state index contributed by atoms with van der Waals surface area (Å²) in [4.78, 5) is 0. The molecule has 0 unspecified atom stereocenters. The molecule has 4 nitrogen and oxygen atoms in total. The predicted octanol–water partition coefficient (Wildman–Crippen LogP) is -0.510. The summed E-state index contributed by atoms with van der Waals surface area (Å²) < 4.78 is 9.91. The van der Waals surface area contributed by atoms with Gasteiger partial charge in [0, 0.05) is 13.5 Å². The van der Waals surface area contributed by atoms with Crippen LogP contribution < -0.4 is 0 Å². The lowest BCUT2D eigenvalue weighted by atomic mass is 10.0. The van der Waals surface area contributed by atoms with Gasteiger partial charge in [-0.2, -0.15) is 0 Å². The Morgan fingerprint density at radius 3 is 2.64 bits per heavy atom. The zero-order chi connectivity index (χ0) is 8.43. The van der Waals surface area contributed by atoms with Gasteiger partial charge in [-0.05, 0) is 6.92 Å². The summed E-state index contributed by atoms with van der Waals surface area (Å²) in [6.07, 6.45) is -1.78. The van der Waals surface area contributed by atoms with Gasteiger partial charge in [-0.25, -0.2) is 0 Å². The first-order valence-corrected chi connectivity index (χ1v) is 3.69. The molecule has 4 heteroatoms. The van der Waals surface area contributed by atoms with Gasteiger partial charge in [0.15, 0.2) is 6.29 Å². The second kappa shape index (κ2) is 3.49. The normalized spacial score (nSPS) is 45.8. The summed E-state index contributed by atoms with van der Waals surface area (Å²) in [6.45, 7) is 1.71. The van der Waals surface area contributed by atoms with E-state index in [4.69, 9.17) is 14.6 Å². The Labute approximate surface area is 65.7 Å². The van der Waals surface area contributed by atoms with E-state index in [0.29, 0.717) is 6.42 Å². The molecule has 0 radical (unpaired) electrons. The van der Waals surface area contributed by atoms with E-state index in [0.717, 1.165) is 0 Å². The molecular weight excluding hydrogens is 148 g/mol. The summed E-state index contributed by atoms with van der Waals surface area (Å²) in [5.41, 5.74) is 0. The minimum absolute atomic E-state index is 0.311. The third-order valence-electron chi connectivity index (χ3n) is 1.97. The fourth-order valence-corrected chi connectivity index (χ4v) is 1.26. The molecule has 0 aromatic rings. The van der Waals surface area contributed by atoms with E-state index in [2.05, 4.69) is 0 Å². The third kappa shape index (κ3) is 1.90. The maximum absolute atomic E-state index is 9.39. The molecule has 0 aromatic heterocycles. The van der Waals surface area contributed by atoms with Crippen molar-refractivity contribution in [1.82, 2.24) is 0 Å². The second-order valence-electron chi connectivity index (χ2n) is 2.80. The lowest BCUT2D eigenvalue weighted by Gasteiger charge is -2.34. The highest BCUT2D eigenvalue weighted by molar-refractivity contribution is 4.80. The molecule has 1 aliphatic heterocycles.